The number of aromatic carboxylic acids is 1. The second-order valence-electron chi connectivity index (χ2n) is 4.30. The van der Waals surface area contributed by atoms with E-state index in [1.54, 1.807) is 23.0 Å². The molecule has 0 radical (unpaired) electrons. The number of carboxylic acid groups (broad SMARTS) is 1. The average Bonchev–Trinajstić information content (AvgIpc) is 2.81. The number of carbonyl (C=O) groups is 1. The van der Waals surface area contributed by atoms with Crippen molar-refractivity contribution < 1.29 is 9.90 Å². The van der Waals surface area contributed by atoms with Crippen LogP contribution in [0.25, 0.3) is 10.9 Å². The summed E-state index contributed by atoms with van der Waals surface area (Å²) in [4.78, 5) is 15.5. The van der Waals surface area contributed by atoms with Crippen LogP contribution < -0.4 is 0 Å². The molecule has 0 saturated carbocycles. The van der Waals surface area contributed by atoms with E-state index < -0.39 is 5.97 Å². The second kappa shape index (κ2) is 5.05. The number of fused-ring (bicyclic) bond motifs is 1. The number of halogens is 1. The summed E-state index contributed by atoms with van der Waals surface area (Å²) in [5, 5.41) is 14.0. The van der Waals surface area contributed by atoms with Crippen LogP contribution in [0.3, 0.4) is 0 Å². The maximum atomic E-state index is 11.2. The molecule has 100 valence electrons. The van der Waals surface area contributed by atoms with Crippen LogP contribution in [-0.2, 0) is 6.54 Å². The molecule has 0 atom stereocenters. The molecule has 0 aliphatic heterocycles. The SMILES string of the molecule is O=C(O)c1nn(Cc2ccc(Br)cn2)c2ccccc12. The van der Waals surface area contributed by atoms with Crippen LogP contribution in [0, 0.1) is 0 Å². The van der Waals surface area contributed by atoms with Gasteiger partial charge in [0.1, 0.15) is 0 Å². The van der Waals surface area contributed by atoms with E-state index in [1.807, 2.05) is 24.3 Å². The molecule has 0 aliphatic rings. The standard InChI is InChI=1S/C14H10BrN3O2/c15-9-5-6-10(16-7-9)8-18-12-4-2-1-3-11(12)13(17-18)14(19)20/h1-7H,8H2,(H,19,20). The van der Waals surface area contributed by atoms with E-state index in [9.17, 15) is 9.90 Å². The van der Waals surface area contributed by atoms with Crippen LogP contribution >= 0.6 is 15.9 Å². The van der Waals surface area contributed by atoms with Crippen LogP contribution in [0.5, 0.6) is 0 Å². The van der Waals surface area contributed by atoms with Gasteiger partial charge < -0.3 is 5.11 Å². The molecule has 1 N–H and O–H groups in total. The van der Waals surface area contributed by atoms with Crippen LogP contribution in [0.4, 0.5) is 0 Å². The summed E-state index contributed by atoms with van der Waals surface area (Å²) >= 11 is 3.33. The Morgan fingerprint density at radius 2 is 2.05 bits per heavy atom. The number of hydrogen-bond donors (Lipinski definition) is 1. The summed E-state index contributed by atoms with van der Waals surface area (Å²) in [6.07, 6.45) is 1.71. The van der Waals surface area contributed by atoms with Gasteiger partial charge in [-0.25, -0.2) is 4.79 Å². The number of benzene rings is 1. The van der Waals surface area contributed by atoms with Crippen molar-refractivity contribution in [2.24, 2.45) is 0 Å². The fourth-order valence-electron chi connectivity index (χ4n) is 2.06. The summed E-state index contributed by atoms with van der Waals surface area (Å²) < 4.78 is 2.56. The van der Waals surface area contributed by atoms with Gasteiger partial charge in [0.05, 0.1) is 17.8 Å². The molecule has 5 nitrogen and oxygen atoms in total. The summed E-state index contributed by atoms with van der Waals surface area (Å²) in [7, 11) is 0. The van der Waals surface area contributed by atoms with Crippen molar-refractivity contribution in [2.45, 2.75) is 6.54 Å². The molecule has 1 aromatic carbocycles. The highest BCUT2D eigenvalue weighted by atomic mass is 79.9. The summed E-state index contributed by atoms with van der Waals surface area (Å²) in [5.41, 5.74) is 1.67. The molecule has 6 heteroatoms. The summed E-state index contributed by atoms with van der Waals surface area (Å²) in [6.45, 7) is 0.432. The molecular weight excluding hydrogens is 322 g/mol. The number of rotatable bonds is 3. The van der Waals surface area contributed by atoms with Crippen molar-refractivity contribution in [2.75, 3.05) is 0 Å². The van der Waals surface area contributed by atoms with Gasteiger partial charge in [-0.15, -0.1) is 0 Å². The third-order valence-corrected chi connectivity index (χ3v) is 3.43. The second-order valence-corrected chi connectivity index (χ2v) is 5.21. The highest BCUT2D eigenvalue weighted by Gasteiger charge is 2.15. The van der Waals surface area contributed by atoms with Gasteiger partial charge in [0, 0.05) is 16.1 Å². The van der Waals surface area contributed by atoms with Gasteiger partial charge in [0.25, 0.3) is 0 Å². The van der Waals surface area contributed by atoms with Gasteiger partial charge in [-0.3, -0.25) is 9.67 Å². The number of aromatic nitrogens is 3. The Morgan fingerprint density at radius 3 is 2.75 bits per heavy atom. The Hall–Kier alpha value is -2.21. The fraction of sp³-hybridized carbons (Fsp3) is 0.0714. The molecule has 0 unspecified atom stereocenters. The maximum Gasteiger partial charge on any atom is 0.357 e. The van der Waals surface area contributed by atoms with Crippen molar-refractivity contribution in [3.8, 4) is 0 Å². The molecule has 0 bridgehead atoms. The molecule has 3 rings (SSSR count). The van der Waals surface area contributed by atoms with Crippen molar-refractivity contribution in [3.63, 3.8) is 0 Å². The first-order valence-electron chi connectivity index (χ1n) is 5.94. The Bertz CT molecular complexity index is 781. The molecule has 2 heterocycles. The number of hydrogen-bond acceptors (Lipinski definition) is 3. The van der Waals surface area contributed by atoms with Crippen LogP contribution in [0.15, 0.2) is 47.1 Å². The molecule has 0 fully saturated rings. The maximum absolute atomic E-state index is 11.2. The zero-order valence-electron chi connectivity index (χ0n) is 10.3. The third-order valence-electron chi connectivity index (χ3n) is 2.96. The summed E-state index contributed by atoms with van der Waals surface area (Å²) in [5.74, 6) is -1.02. The summed E-state index contributed by atoms with van der Waals surface area (Å²) in [6, 6.07) is 11.1. The number of carboxylic acids is 1. The predicted octanol–water partition coefficient (Wildman–Crippen LogP) is 2.94. The van der Waals surface area contributed by atoms with Crippen LogP contribution in [0.2, 0.25) is 0 Å². The highest BCUT2D eigenvalue weighted by Crippen LogP contribution is 2.19. The van der Waals surface area contributed by atoms with Gasteiger partial charge in [-0.2, -0.15) is 5.10 Å². The molecule has 0 saturated heterocycles. The van der Waals surface area contributed by atoms with Crippen molar-refractivity contribution >= 4 is 32.8 Å². The fourth-order valence-corrected chi connectivity index (χ4v) is 2.29. The lowest BCUT2D eigenvalue weighted by atomic mass is 10.2. The lowest BCUT2D eigenvalue weighted by Gasteiger charge is -2.03. The monoisotopic (exact) mass is 331 g/mol. The molecule has 20 heavy (non-hydrogen) atoms. The normalized spacial score (nSPS) is 10.8. The van der Waals surface area contributed by atoms with E-state index >= 15 is 0 Å². The van der Waals surface area contributed by atoms with E-state index in [4.69, 9.17) is 0 Å². The first-order chi connectivity index (χ1) is 9.65. The quantitative estimate of drug-likeness (QED) is 0.801. The van der Waals surface area contributed by atoms with Crippen molar-refractivity contribution in [1.82, 2.24) is 14.8 Å². The molecule has 3 aromatic rings. The Kier molecular flexibility index (Phi) is 3.23. The molecular formula is C14H10BrN3O2. The molecule has 0 aliphatic carbocycles. The largest absolute Gasteiger partial charge is 0.476 e. The first-order valence-corrected chi connectivity index (χ1v) is 6.74. The smallest absolute Gasteiger partial charge is 0.357 e. The molecule has 0 amide bonds. The Morgan fingerprint density at radius 1 is 1.25 bits per heavy atom. The number of pyridine rings is 1. The van der Waals surface area contributed by atoms with Crippen molar-refractivity contribution in [3.05, 3.63) is 58.5 Å². The van der Waals surface area contributed by atoms with Crippen molar-refractivity contribution in [1.29, 1.82) is 0 Å². The topological polar surface area (TPSA) is 68.0 Å². The minimum Gasteiger partial charge on any atom is -0.476 e. The van der Waals surface area contributed by atoms with Gasteiger partial charge >= 0.3 is 5.97 Å². The third kappa shape index (κ3) is 2.30. The lowest BCUT2D eigenvalue weighted by molar-refractivity contribution is 0.0691. The lowest BCUT2D eigenvalue weighted by Crippen LogP contribution is -2.05. The van der Waals surface area contributed by atoms with Crippen LogP contribution in [-0.4, -0.2) is 25.8 Å². The first kappa shape index (κ1) is 12.8. The Balaban J connectivity index is 2.07. The molecule has 0 spiro atoms. The van der Waals surface area contributed by atoms with Gasteiger partial charge in [0.15, 0.2) is 5.69 Å². The predicted molar refractivity (Wildman–Crippen MR) is 77.7 cm³/mol. The Labute approximate surface area is 123 Å². The minimum absolute atomic E-state index is 0.0673. The number of para-hydroxylation sites is 1. The van der Waals surface area contributed by atoms with E-state index in [2.05, 4.69) is 26.0 Å². The zero-order chi connectivity index (χ0) is 14.1. The van der Waals surface area contributed by atoms with Gasteiger partial charge in [-0.05, 0) is 34.1 Å². The minimum atomic E-state index is -1.02. The number of nitrogens with zero attached hydrogens (tertiary/aromatic N) is 3. The zero-order valence-corrected chi connectivity index (χ0v) is 11.9. The van der Waals surface area contributed by atoms with Gasteiger partial charge in [0.2, 0.25) is 0 Å². The van der Waals surface area contributed by atoms with E-state index in [0.717, 1.165) is 15.7 Å². The van der Waals surface area contributed by atoms with E-state index in [0.29, 0.717) is 11.9 Å². The van der Waals surface area contributed by atoms with E-state index in [1.165, 1.54) is 0 Å². The highest BCUT2D eigenvalue weighted by molar-refractivity contribution is 9.10. The van der Waals surface area contributed by atoms with Crippen LogP contribution in [0.1, 0.15) is 16.2 Å². The van der Waals surface area contributed by atoms with Gasteiger partial charge in [-0.1, -0.05) is 18.2 Å². The average molecular weight is 332 g/mol. The van der Waals surface area contributed by atoms with E-state index in [-0.39, 0.29) is 5.69 Å². The molecule has 2 aromatic heterocycles.